The first kappa shape index (κ1) is 12.6. The Balaban J connectivity index is 2.28. The molecule has 18 heavy (non-hydrogen) atoms. The fourth-order valence-corrected chi connectivity index (χ4v) is 2.74. The molecular weight excluding hydrogens is 246 g/mol. The van der Waals surface area contributed by atoms with Crippen molar-refractivity contribution in [3.05, 3.63) is 60.2 Å². The summed E-state index contributed by atoms with van der Waals surface area (Å²) in [4.78, 5) is 0.270. The third-order valence-corrected chi connectivity index (χ3v) is 4.04. The van der Waals surface area contributed by atoms with Gasteiger partial charge in [0, 0.05) is 5.69 Å². The van der Waals surface area contributed by atoms with Gasteiger partial charge in [-0.25, -0.2) is 8.42 Å². The quantitative estimate of drug-likeness (QED) is 0.919. The molecular formula is C14H15NO2S. The van der Waals surface area contributed by atoms with E-state index in [0.29, 0.717) is 5.69 Å². The van der Waals surface area contributed by atoms with Crippen LogP contribution >= 0.6 is 0 Å². The summed E-state index contributed by atoms with van der Waals surface area (Å²) in [5, 5.41) is 0. The second-order valence-corrected chi connectivity index (χ2v) is 5.65. The molecule has 94 valence electrons. The van der Waals surface area contributed by atoms with Gasteiger partial charge in [-0.3, -0.25) is 4.72 Å². The molecule has 2 aromatic rings. The zero-order valence-corrected chi connectivity index (χ0v) is 10.9. The Morgan fingerprint density at radius 2 is 1.72 bits per heavy atom. The molecule has 0 aliphatic heterocycles. The number of anilines is 1. The molecule has 0 amide bonds. The number of rotatable bonds is 4. The van der Waals surface area contributed by atoms with E-state index in [1.807, 2.05) is 25.1 Å². The van der Waals surface area contributed by atoms with Crippen LogP contribution in [-0.2, 0) is 16.4 Å². The topological polar surface area (TPSA) is 46.2 Å². The standard InChI is InChI=1S/C14H15NO2S/c1-2-12-7-6-8-13(11-12)15-18(16,17)14-9-4-3-5-10-14/h3-11,15H,2H2,1H3. The summed E-state index contributed by atoms with van der Waals surface area (Å²) >= 11 is 0. The SMILES string of the molecule is CCc1cccc(NS(=O)(=O)c2ccccc2)c1. The van der Waals surface area contributed by atoms with Crippen molar-refractivity contribution < 1.29 is 8.42 Å². The Hall–Kier alpha value is -1.81. The monoisotopic (exact) mass is 261 g/mol. The number of hydrogen-bond acceptors (Lipinski definition) is 2. The lowest BCUT2D eigenvalue weighted by Crippen LogP contribution is -2.12. The van der Waals surface area contributed by atoms with E-state index in [1.54, 1.807) is 36.4 Å². The van der Waals surface area contributed by atoms with Crippen LogP contribution in [0.2, 0.25) is 0 Å². The van der Waals surface area contributed by atoms with E-state index in [2.05, 4.69) is 4.72 Å². The molecule has 0 spiro atoms. The zero-order chi connectivity index (χ0) is 13.0. The number of aryl methyl sites for hydroxylation is 1. The predicted molar refractivity (Wildman–Crippen MR) is 73.1 cm³/mol. The average Bonchev–Trinajstić information content (AvgIpc) is 2.39. The van der Waals surface area contributed by atoms with Crippen molar-refractivity contribution in [3.8, 4) is 0 Å². The Morgan fingerprint density at radius 3 is 2.39 bits per heavy atom. The van der Waals surface area contributed by atoms with Gasteiger partial charge < -0.3 is 0 Å². The van der Waals surface area contributed by atoms with E-state index in [9.17, 15) is 8.42 Å². The summed E-state index contributed by atoms with van der Waals surface area (Å²) in [7, 11) is -3.49. The molecule has 0 aromatic heterocycles. The van der Waals surface area contributed by atoms with Crippen molar-refractivity contribution in [2.45, 2.75) is 18.2 Å². The summed E-state index contributed by atoms with van der Waals surface area (Å²) in [6, 6.07) is 15.8. The molecule has 4 heteroatoms. The Labute approximate surface area is 108 Å². The van der Waals surface area contributed by atoms with E-state index < -0.39 is 10.0 Å². The van der Waals surface area contributed by atoms with Gasteiger partial charge in [0.25, 0.3) is 10.0 Å². The lowest BCUT2D eigenvalue weighted by atomic mass is 10.1. The normalized spacial score (nSPS) is 11.2. The van der Waals surface area contributed by atoms with Gasteiger partial charge in [0.15, 0.2) is 0 Å². The molecule has 0 saturated heterocycles. The Kier molecular flexibility index (Phi) is 3.67. The van der Waals surface area contributed by atoms with Crippen LogP contribution in [0, 0.1) is 0 Å². The van der Waals surface area contributed by atoms with Crippen molar-refractivity contribution in [2.75, 3.05) is 4.72 Å². The van der Waals surface area contributed by atoms with Gasteiger partial charge in [-0.2, -0.15) is 0 Å². The van der Waals surface area contributed by atoms with Gasteiger partial charge in [-0.05, 0) is 36.2 Å². The van der Waals surface area contributed by atoms with Crippen molar-refractivity contribution in [3.63, 3.8) is 0 Å². The lowest BCUT2D eigenvalue weighted by Gasteiger charge is -2.08. The molecule has 0 fully saturated rings. The Morgan fingerprint density at radius 1 is 1.00 bits per heavy atom. The summed E-state index contributed by atoms with van der Waals surface area (Å²) in [5.74, 6) is 0. The molecule has 0 radical (unpaired) electrons. The second kappa shape index (κ2) is 5.23. The summed E-state index contributed by atoms with van der Waals surface area (Å²) in [5.41, 5.74) is 1.70. The maximum absolute atomic E-state index is 12.1. The minimum Gasteiger partial charge on any atom is -0.280 e. The Bertz CT molecular complexity index is 621. The highest BCUT2D eigenvalue weighted by atomic mass is 32.2. The first-order chi connectivity index (χ1) is 8.62. The van der Waals surface area contributed by atoms with Gasteiger partial charge in [0.1, 0.15) is 0 Å². The minimum atomic E-state index is -3.49. The predicted octanol–water partition coefficient (Wildman–Crippen LogP) is 3.05. The molecule has 2 rings (SSSR count). The molecule has 1 N–H and O–H groups in total. The largest absolute Gasteiger partial charge is 0.280 e. The molecule has 0 aliphatic carbocycles. The van der Waals surface area contributed by atoms with Crippen LogP contribution in [0.15, 0.2) is 59.5 Å². The highest BCUT2D eigenvalue weighted by molar-refractivity contribution is 7.92. The highest BCUT2D eigenvalue weighted by Gasteiger charge is 2.13. The third kappa shape index (κ3) is 2.90. The maximum Gasteiger partial charge on any atom is 0.261 e. The van der Waals surface area contributed by atoms with Crippen molar-refractivity contribution >= 4 is 15.7 Å². The molecule has 0 saturated carbocycles. The fraction of sp³-hybridized carbons (Fsp3) is 0.143. The van der Waals surface area contributed by atoms with E-state index in [-0.39, 0.29) is 4.90 Å². The molecule has 0 atom stereocenters. The smallest absolute Gasteiger partial charge is 0.261 e. The fourth-order valence-electron chi connectivity index (χ4n) is 1.67. The molecule has 2 aromatic carbocycles. The first-order valence-corrected chi connectivity index (χ1v) is 7.27. The lowest BCUT2D eigenvalue weighted by molar-refractivity contribution is 0.601. The van der Waals surface area contributed by atoms with Crippen LogP contribution in [0.3, 0.4) is 0 Å². The molecule has 0 heterocycles. The van der Waals surface area contributed by atoms with Crippen LogP contribution in [0.1, 0.15) is 12.5 Å². The minimum absolute atomic E-state index is 0.270. The first-order valence-electron chi connectivity index (χ1n) is 5.78. The summed E-state index contributed by atoms with van der Waals surface area (Å²) in [6.45, 7) is 2.03. The number of sulfonamides is 1. The van der Waals surface area contributed by atoms with Gasteiger partial charge in [-0.15, -0.1) is 0 Å². The molecule has 0 bridgehead atoms. The number of hydrogen-bond donors (Lipinski definition) is 1. The van der Waals surface area contributed by atoms with Gasteiger partial charge in [0.05, 0.1) is 4.90 Å². The van der Waals surface area contributed by atoms with E-state index >= 15 is 0 Å². The van der Waals surface area contributed by atoms with E-state index in [4.69, 9.17) is 0 Å². The summed E-state index contributed by atoms with van der Waals surface area (Å²) < 4.78 is 26.8. The van der Waals surface area contributed by atoms with Crippen LogP contribution in [0.25, 0.3) is 0 Å². The van der Waals surface area contributed by atoms with Gasteiger partial charge in [-0.1, -0.05) is 37.3 Å². The van der Waals surface area contributed by atoms with Gasteiger partial charge in [0.2, 0.25) is 0 Å². The molecule has 3 nitrogen and oxygen atoms in total. The van der Waals surface area contributed by atoms with Crippen molar-refractivity contribution in [1.29, 1.82) is 0 Å². The molecule has 0 unspecified atom stereocenters. The summed E-state index contributed by atoms with van der Waals surface area (Å²) in [6.07, 6.45) is 0.876. The van der Waals surface area contributed by atoms with Gasteiger partial charge >= 0.3 is 0 Å². The van der Waals surface area contributed by atoms with Crippen LogP contribution < -0.4 is 4.72 Å². The van der Waals surface area contributed by atoms with Crippen LogP contribution in [0.5, 0.6) is 0 Å². The second-order valence-electron chi connectivity index (χ2n) is 3.97. The third-order valence-electron chi connectivity index (χ3n) is 2.64. The zero-order valence-electron chi connectivity index (χ0n) is 10.1. The molecule has 0 aliphatic rings. The number of benzene rings is 2. The van der Waals surface area contributed by atoms with E-state index in [1.165, 1.54) is 0 Å². The van der Waals surface area contributed by atoms with Crippen molar-refractivity contribution in [2.24, 2.45) is 0 Å². The van der Waals surface area contributed by atoms with Crippen LogP contribution in [0.4, 0.5) is 5.69 Å². The van der Waals surface area contributed by atoms with E-state index in [0.717, 1.165) is 12.0 Å². The average molecular weight is 261 g/mol. The highest BCUT2D eigenvalue weighted by Crippen LogP contribution is 2.17. The van der Waals surface area contributed by atoms with Crippen molar-refractivity contribution in [1.82, 2.24) is 0 Å². The van der Waals surface area contributed by atoms with Crippen LogP contribution in [-0.4, -0.2) is 8.42 Å². The maximum atomic E-state index is 12.1. The number of nitrogens with one attached hydrogen (secondary N) is 1.